The third-order valence-corrected chi connectivity index (χ3v) is 4.20. The summed E-state index contributed by atoms with van der Waals surface area (Å²) in [5, 5.41) is 3.03. The van der Waals surface area contributed by atoms with E-state index < -0.39 is 0 Å². The molecule has 0 bridgehead atoms. The van der Waals surface area contributed by atoms with Crippen LogP contribution < -0.4 is 5.32 Å². The van der Waals surface area contributed by atoms with Gasteiger partial charge in [-0.2, -0.15) is 0 Å². The van der Waals surface area contributed by atoms with Gasteiger partial charge in [-0.1, -0.05) is 0 Å². The number of carbonyl (C=O) groups is 2. The van der Waals surface area contributed by atoms with Gasteiger partial charge in [0.25, 0.3) is 0 Å². The van der Waals surface area contributed by atoms with Crippen molar-refractivity contribution in [2.24, 2.45) is 0 Å². The van der Waals surface area contributed by atoms with Gasteiger partial charge in [-0.3, -0.25) is 9.59 Å². The van der Waals surface area contributed by atoms with Crippen LogP contribution >= 0.6 is 27.3 Å². The van der Waals surface area contributed by atoms with Crippen LogP contribution in [0.2, 0.25) is 0 Å². The number of Topliss-reactive ketones (excluding diaryl/α,β-unsaturated/α-hetero) is 1. The molecule has 4 nitrogen and oxygen atoms in total. The fraction of sp³-hybridized carbons (Fsp3) is 0.455. The van der Waals surface area contributed by atoms with Crippen molar-refractivity contribution in [2.45, 2.75) is 18.9 Å². The number of carbonyl (C=O) groups excluding carboxylic acids is 2. The van der Waals surface area contributed by atoms with Crippen molar-refractivity contribution >= 4 is 39.0 Å². The van der Waals surface area contributed by atoms with Crippen LogP contribution in [0, 0.1) is 0 Å². The molecule has 1 aliphatic rings. The first-order valence-electron chi connectivity index (χ1n) is 5.35. The zero-order chi connectivity index (χ0) is 12.3. The standard InChI is InChI=1S/C11H12BrNO3S/c12-10-4-3-9(17-10)8(14)6-16-11(15)7-2-1-5-13-7/h3-4,7,13H,1-2,5-6H2/t7-/m0/s1. The molecule has 92 valence electrons. The van der Waals surface area contributed by atoms with E-state index in [1.54, 1.807) is 12.1 Å². The molecule has 0 spiro atoms. The van der Waals surface area contributed by atoms with E-state index in [2.05, 4.69) is 21.2 Å². The second kappa shape index (κ2) is 5.75. The summed E-state index contributed by atoms with van der Waals surface area (Å²) in [4.78, 5) is 23.8. The van der Waals surface area contributed by atoms with Gasteiger partial charge in [0, 0.05) is 0 Å². The average molecular weight is 318 g/mol. The Morgan fingerprint density at radius 2 is 2.35 bits per heavy atom. The predicted octanol–water partition coefficient (Wildman–Crippen LogP) is 1.99. The highest BCUT2D eigenvalue weighted by molar-refractivity contribution is 9.11. The SMILES string of the molecule is O=C(COC(=O)[C@@H]1CCCN1)c1ccc(Br)s1. The summed E-state index contributed by atoms with van der Waals surface area (Å²) >= 11 is 4.62. The monoisotopic (exact) mass is 317 g/mol. The summed E-state index contributed by atoms with van der Waals surface area (Å²) in [6.45, 7) is 0.662. The van der Waals surface area contributed by atoms with Crippen LogP contribution in [0.3, 0.4) is 0 Å². The largest absolute Gasteiger partial charge is 0.456 e. The molecule has 0 radical (unpaired) electrons. The average Bonchev–Trinajstić information content (AvgIpc) is 2.95. The Morgan fingerprint density at radius 3 is 2.94 bits per heavy atom. The molecule has 1 atom stereocenters. The van der Waals surface area contributed by atoms with E-state index in [0.29, 0.717) is 4.88 Å². The summed E-state index contributed by atoms with van der Waals surface area (Å²) in [5.41, 5.74) is 0. The molecule has 1 aliphatic heterocycles. The van der Waals surface area contributed by atoms with Gasteiger partial charge in [-0.05, 0) is 47.4 Å². The van der Waals surface area contributed by atoms with E-state index in [4.69, 9.17) is 4.74 Å². The van der Waals surface area contributed by atoms with E-state index >= 15 is 0 Å². The second-order valence-electron chi connectivity index (χ2n) is 3.78. The number of hydrogen-bond acceptors (Lipinski definition) is 5. The summed E-state index contributed by atoms with van der Waals surface area (Å²) < 4.78 is 5.88. The number of rotatable bonds is 4. The molecule has 0 unspecified atom stereocenters. The van der Waals surface area contributed by atoms with Gasteiger partial charge in [0.2, 0.25) is 5.78 Å². The molecule has 0 aromatic carbocycles. The first-order chi connectivity index (χ1) is 8.16. The Kier molecular flexibility index (Phi) is 4.31. The first-order valence-corrected chi connectivity index (χ1v) is 6.96. The van der Waals surface area contributed by atoms with E-state index in [1.165, 1.54) is 11.3 Å². The molecule has 0 saturated carbocycles. The number of ketones is 1. The fourth-order valence-corrected chi connectivity index (χ4v) is 2.97. The zero-order valence-corrected chi connectivity index (χ0v) is 11.5. The summed E-state index contributed by atoms with van der Waals surface area (Å²) in [7, 11) is 0. The number of halogens is 1. The van der Waals surface area contributed by atoms with Crippen LogP contribution in [-0.4, -0.2) is 30.9 Å². The Bertz CT molecular complexity index is 426. The van der Waals surface area contributed by atoms with Crippen molar-refractivity contribution in [1.29, 1.82) is 0 Å². The summed E-state index contributed by atoms with van der Waals surface area (Å²) in [6.07, 6.45) is 1.77. The maximum atomic E-state index is 11.7. The quantitative estimate of drug-likeness (QED) is 0.681. The van der Waals surface area contributed by atoms with Crippen LogP contribution in [0.1, 0.15) is 22.5 Å². The number of hydrogen-bond donors (Lipinski definition) is 1. The lowest BCUT2D eigenvalue weighted by molar-refractivity contribution is -0.144. The Labute approximate surface area is 111 Å². The third kappa shape index (κ3) is 3.37. The highest BCUT2D eigenvalue weighted by Gasteiger charge is 2.24. The van der Waals surface area contributed by atoms with Crippen molar-refractivity contribution < 1.29 is 14.3 Å². The van der Waals surface area contributed by atoms with Gasteiger partial charge in [-0.25, -0.2) is 0 Å². The highest BCUT2D eigenvalue weighted by Crippen LogP contribution is 2.22. The fourth-order valence-electron chi connectivity index (χ4n) is 1.66. The Morgan fingerprint density at radius 1 is 1.53 bits per heavy atom. The smallest absolute Gasteiger partial charge is 0.323 e. The van der Waals surface area contributed by atoms with Gasteiger partial charge in [-0.15, -0.1) is 11.3 Å². The number of ether oxygens (including phenoxy) is 1. The molecule has 0 aliphatic carbocycles. The summed E-state index contributed by atoms with van der Waals surface area (Å²) in [5.74, 6) is -0.487. The molecule has 2 heterocycles. The van der Waals surface area contributed by atoms with Crippen molar-refractivity contribution in [2.75, 3.05) is 13.2 Å². The normalized spacial score (nSPS) is 19.2. The second-order valence-corrected chi connectivity index (χ2v) is 6.25. The molecular weight excluding hydrogens is 306 g/mol. The van der Waals surface area contributed by atoms with Crippen LogP contribution in [0.4, 0.5) is 0 Å². The molecule has 6 heteroatoms. The molecule has 1 aromatic heterocycles. The molecule has 1 saturated heterocycles. The lowest BCUT2D eigenvalue weighted by Crippen LogP contribution is -2.33. The lowest BCUT2D eigenvalue weighted by Gasteiger charge is -2.08. The van der Waals surface area contributed by atoms with E-state index in [-0.39, 0.29) is 24.4 Å². The third-order valence-electron chi connectivity index (χ3n) is 2.54. The maximum Gasteiger partial charge on any atom is 0.323 e. The molecule has 17 heavy (non-hydrogen) atoms. The van der Waals surface area contributed by atoms with Crippen molar-refractivity contribution in [3.8, 4) is 0 Å². The van der Waals surface area contributed by atoms with Crippen molar-refractivity contribution in [3.05, 3.63) is 20.8 Å². The highest BCUT2D eigenvalue weighted by atomic mass is 79.9. The van der Waals surface area contributed by atoms with Crippen molar-refractivity contribution in [3.63, 3.8) is 0 Å². The number of nitrogens with one attached hydrogen (secondary N) is 1. The number of esters is 1. The van der Waals surface area contributed by atoms with Crippen molar-refractivity contribution in [1.82, 2.24) is 5.32 Å². The van der Waals surface area contributed by atoms with Crippen LogP contribution in [0.5, 0.6) is 0 Å². The van der Waals surface area contributed by atoms with E-state index in [0.717, 1.165) is 23.2 Å². The van der Waals surface area contributed by atoms with E-state index in [9.17, 15) is 9.59 Å². The van der Waals surface area contributed by atoms with Crippen LogP contribution in [0.25, 0.3) is 0 Å². The molecule has 0 amide bonds. The predicted molar refractivity (Wildman–Crippen MR) is 68.3 cm³/mol. The first kappa shape index (κ1) is 12.7. The lowest BCUT2D eigenvalue weighted by atomic mass is 10.2. The maximum absolute atomic E-state index is 11.7. The minimum Gasteiger partial charge on any atom is -0.456 e. The minimum absolute atomic E-state index is 0.160. The molecular formula is C11H12BrNO3S. The Balaban J connectivity index is 1.81. The topological polar surface area (TPSA) is 55.4 Å². The van der Waals surface area contributed by atoms with Gasteiger partial charge in [0.05, 0.1) is 8.66 Å². The summed E-state index contributed by atoms with van der Waals surface area (Å²) in [6, 6.07) is 3.29. The van der Waals surface area contributed by atoms with Gasteiger partial charge in [0.15, 0.2) is 6.61 Å². The molecule has 1 aromatic rings. The van der Waals surface area contributed by atoms with E-state index in [1.807, 2.05) is 0 Å². The molecule has 1 fully saturated rings. The van der Waals surface area contributed by atoms with Crippen LogP contribution in [-0.2, 0) is 9.53 Å². The molecule has 2 rings (SSSR count). The zero-order valence-electron chi connectivity index (χ0n) is 9.07. The van der Waals surface area contributed by atoms with Gasteiger partial charge >= 0.3 is 5.97 Å². The van der Waals surface area contributed by atoms with Gasteiger partial charge < -0.3 is 10.1 Å². The minimum atomic E-state index is -0.327. The van der Waals surface area contributed by atoms with Crippen LogP contribution in [0.15, 0.2) is 15.9 Å². The number of thiophene rings is 1. The van der Waals surface area contributed by atoms with Gasteiger partial charge in [0.1, 0.15) is 6.04 Å². The molecule has 1 N–H and O–H groups in total. The Hall–Kier alpha value is -0.720.